The van der Waals surface area contributed by atoms with E-state index in [-0.39, 0.29) is 23.0 Å². The summed E-state index contributed by atoms with van der Waals surface area (Å²) < 4.78 is 24.5. The van der Waals surface area contributed by atoms with Gasteiger partial charge in [-0.15, -0.1) is 0 Å². The summed E-state index contributed by atoms with van der Waals surface area (Å²) in [4.78, 5) is 25.0. The van der Waals surface area contributed by atoms with Gasteiger partial charge in [0.2, 0.25) is 5.78 Å². The number of esters is 1. The minimum Gasteiger partial charge on any atom is -0.452 e. The minimum atomic E-state index is -0.577. The van der Waals surface area contributed by atoms with Crippen LogP contribution in [0.1, 0.15) is 31.8 Å². The summed E-state index contributed by atoms with van der Waals surface area (Å²) in [5, 5.41) is 0.422. The zero-order valence-electron chi connectivity index (χ0n) is 15.2. The van der Waals surface area contributed by atoms with E-state index in [2.05, 4.69) is 0 Å². The highest BCUT2D eigenvalue weighted by Gasteiger charge is 2.30. The monoisotopic (exact) mass is 408 g/mol. The van der Waals surface area contributed by atoms with E-state index >= 15 is 0 Å². The van der Waals surface area contributed by atoms with Crippen LogP contribution in [0.4, 0.5) is 4.39 Å². The zero-order chi connectivity index (χ0) is 20.5. The number of fused-ring (bicyclic) bond motifs is 1. The lowest BCUT2D eigenvalue weighted by Crippen LogP contribution is -2.08. The number of hydrogen-bond acceptors (Lipinski definition) is 4. The average Bonchev–Trinajstić information content (AvgIpc) is 2.97. The van der Waals surface area contributed by atoms with Crippen LogP contribution in [-0.4, -0.2) is 11.8 Å². The first-order valence-corrected chi connectivity index (χ1v) is 9.11. The number of benzene rings is 3. The van der Waals surface area contributed by atoms with Gasteiger partial charge in [-0.1, -0.05) is 29.8 Å². The molecule has 0 fully saturated rings. The van der Waals surface area contributed by atoms with Crippen LogP contribution in [0.15, 0.2) is 66.4 Å². The summed E-state index contributed by atoms with van der Waals surface area (Å²) >= 11 is 5.91. The van der Waals surface area contributed by atoms with Gasteiger partial charge < -0.3 is 9.47 Å². The van der Waals surface area contributed by atoms with Gasteiger partial charge in [-0.2, -0.15) is 0 Å². The molecule has 1 aliphatic rings. The van der Waals surface area contributed by atoms with Gasteiger partial charge >= 0.3 is 5.97 Å². The zero-order valence-corrected chi connectivity index (χ0v) is 16.0. The molecule has 4 nitrogen and oxygen atoms in total. The van der Waals surface area contributed by atoms with Crippen LogP contribution in [-0.2, 0) is 0 Å². The minimum absolute atomic E-state index is 0.0759. The Morgan fingerprint density at radius 3 is 2.66 bits per heavy atom. The highest BCUT2D eigenvalue weighted by molar-refractivity contribution is 6.30. The Labute approximate surface area is 171 Å². The summed E-state index contributed by atoms with van der Waals surface area (Å²) in [6.45, 7) is 1.72. The van der Waals surface area contributed by atoms with Crippen LogP contribution in [0.5, 0.6) is 11.5 Å². The number of aryl methyl sites for hydroxylation is 1. The lowest BCUT2D eigenvalue weighted by atomic mass is 10.0. The van der Waals surface area contributed by atoms with Gasteiger partial charge in [0.15, 0.2) is 5.76 Å². The van der Waals surface area contributed by atoms with E-state index < -0.39 is 11.8 Å². The molecule has 0 aromatic heterocycles. The molecule has 0 saturated heterocycles. The smallest absolute Gasteiger partial charge is 0.343 e. The van der Waals surface area contributed by atoms with Gasteiger partial charge in [-0.05, 0) is 60.5 Å². The molecule has 0 radical (unpaired) electrons. The molecule has 3 aromatic carbocycles. The van der Waals surface area contributed by atoms with E-state index in [0.29, 0.717) is 27.3 Å². The summed E-state index contributed by atoms with van der Waals surface area (Å²) in [6.07, 6.45) is 1.47. The fraction of sp³-hybridized carbons (Fsp3) is 0.0435. The summed E-state index contributed by atoms with van der Waals surface area (Å²) in [5.74, 6) is -0.695. The maximum atomic E-state index is 13.4. The van der Waals surface area contributed by atoms with Crippen molar-refractivity contribution in [1.82, 2.24) is 0 Å². The summed E-state index contributed by atoms with van der Waals surface area (Å²) in [7, 11) is 0. The first-order chi connectivity index (χ1) is 13.9. The molecule has 0 bridgehead atoms. The van der Waals surface area contributed by atoms with Crippen LogP contribution in [0.25, 0.3) is 6.08 Å². The van der Waals surface area contributed by atoms with E-state index in [4.69, 9.17) is 21.1 Å². The number of halogens is 2. The number of ether oxygens (including phenoxy) is 2. The Kier molecular flexibility index (Phi) is 4.91. The number of carbonyl (C=O) groups is 2. The van der Waals surface area contributed by atoms with Crippen LogP contribution in [0.3, 0.4) is 0 Å². The first-order valence-electron chi connectivity index (χ1n) is 8.73. The predicted molar refractivity (Wildman–Crippen MR) is 107 cm³/mol. The number of allylic oxidation sites excluding steroid dienone is 1. The lowest BCUT2D eigenvalue weighted by Gasteiger charge is -2.08. The molecule has 0 atom stereocenters. The second kappa shape index (κ2) is 7.53. The molecular formula is C23H14ClFO4. The largest absolute Gasteiger partial charge is 0.452 e. The fourth-order valence-electron chi connectivity index (χ4n) is 3.07. The molecule has 0 aliphatic carbocycles. The SMILES string of the molecule is Cc1cc(OC(=O)c2cccc(Cl)c2)cc2c1C(=O)/C(=C/c1cccc(F)c1)O2. The molecule has 3 aromatic rings. The molecule has 0 saturated carbocycles. The van der Waals surface area contributed by atoms with Crippen LogP contribution in [0.2, 0.25) is 5.02 Å². The van der Waals surface area contributed by atoms with E-state index in [1.807, 2.05) is 0 Å². The van der Waals surface area contributed by atoms with Crippen molar-refractivity contribution in [3.63, 3.8) is 0 Å². The van der Waals surface area contributed by atoms with Gasteiger partial charge in [-0.25, -0.2) is 9.18 Å². The highest BCUT2D eigenvalue weighted by atomic mass is 35.5. The molecule has 4 rings (SSSR count). The van der Waals surface area contributed by atoms with Crippen molar-refractivity contribution in [2.45, 2.75) is 6.92 Å². The quantitative estimate of drug-likeness (QED) is 0.320. The Morgan fingerprint density at radius 2 is 1.90 bits per heavy atom. The van der Waals surface area contributed by atoms with Crippen LogP contribution < -0.4 is 9.47 Å². The standard InChI is InChI=1S/C23H14ClFO4/c1-13-8-18(28-23(27)15-5-3-6-16(24)11-15)12-19-21(13)22(26)20(29-19)10-14-4-2-7-17(25)9-14/h2-12H,1H3/b20-10-. The van der Waals surface area contributed by atoms with Gasteiger partial charge in [0, 0.05) is 11.1 Å². The molecule has 0 spiro atoms. The molecule has 0 unspecified atom stereocenters. The maximum absolute atomic E-state index is 13.4. The summed E-state index contributed by atoms with van der Waals surface area (Å²) in [5.41, 5.74) is 1.80. The van der Waals surface area contributed by atoms with Gasteiger partial charge in [-0.3, -0.25) is 4.79 Å². The van der Waals surface area contributed by atoms with Crippen molar-refractivity contribution in [3.05, 3.63) is 99.5 Å². The number of Topliss-reactive ketones (excluding diaryl/α,β-unsaturated/α-hetero) is 1. The van der Waals surface area contributed by atoms with E-state index in [1.165, 1.54) is 30.3 Å². The highest BCUT2D eigenvalue weighted by Crippen LogP contribution is 2.37. The third-order valence-electron chi connectivity index (χ3n) is 4.36. The van der Waals surface area contributed by atoms with E-state index in [1.54, 1.807) is 43.3 Å². The second-order valence-electron chi connectivity index (χ2n) is 6.51. The van der Waals surface area contributed by atoms with Crippen molar-refractivity contribution in [3.8, 4) is 11.5 Å². The number of carbonyl (C=O) groups excluding carboxylic acids is 2. The molecule has 144 valence electrons. The summed E-state index contributed by atoms with van der Waals surface area (Å²) in [6, 6.07) is 15.3. The molecule has 0 N–H and O–H groups in total. The third-order valence-corrected chi connectivity index (χ3v) is 4.60. The van der Waals surface area contributed by atoms with Gasteiger partial charge in [0.1, 0.15) is 17.3 Å². The van der Waals surface area contributed by atoms with Crippen LogP contribution >= 0.6 is 11.6 Å². The number of hydrogen-bond donors (Lipinski definition) is 0. The van der Waals surface area contributed by atoms with Crippen molar-refractivity contribution in [2.24, 2.45) is 0 Å². The Balaban J connectivity index is 1.61. The second-order valence-corrected chi connectivity index (χ2v) is 6.94. The third kappa shape index (κ3) is 3.91. The first kappa shape index (κ1) is 18.9. The lowest BCUT2D eigenvalue weighted by molar-refractivity contribution is 0.0734. The van der Waals surface area contributed by atoms with E-state index in [0.717, 1.165) is 0 Å². The molecule has 1 heterocycles. The Bertz CT molecular complexity index is 1180. The van der Waals surface area contributed by atoms with Crippen molar-refractivity contribution < 1.29 is 23.5 Å². The average molecular weight is 409 g/mol. The Morgan fingerprint density at radius 1 is 1.10 bits per heavy atom. The van der Waals surface area contributed by atoms with Gasteiger partial charge in [0.25, 0.3) is 0 Å². The fourth-order valence-corrected chi connectivity index (χ4v) is 3.26. The maximum Gasteiger partial charge on any atom is 0.343 e. The van der Waals surface area contributed by atoms with Crippen molar-refractivity contribution in [2.75, 3.05) is 0 Å². The van der Waals surface area contributed by atoms with Gasteiger partial charge in [0.05, 0.1) is 11.1 Å². The molecule has 0 amide bonds. The molecule has 1 aliphatic heterocycles. The molecule has 29 heavy (non-hydrogen) atoms. The molecule has 6 heteroatoms. The topological polar surface area (TPSA) is 52.6 Å². The van der Waals surface area contributed by atoms with E-state index in [9.17, 15) is 14.0 Å². The van der Waals surface area contributed by atoms with Crippen molar-refractivity contribution >= 4 is 29.4 Å². The predicted octanol–water partition coefficient (Wildman–Crippen LogP) is 5.62. The molecular weight excluding hydrogens is 395 g/mol. The number of rotatable bonds is 3. The Hall–Kier alpha value is -3.44. The van der Waals surface area contributed by atoms with Crippen molar-refractivity contribution in [1.29, 1.82) is 0 Å². The normalized spacial score (nSPS) is 13.9. The van der Waals surface area contributed by atoms with Crippen LogP contribution in [0, 0.1) is 12.7 Å². The number of ketones is 1.